The Bertz CT molecular complexity index is 1040. The smallest absolute Gasteiger partial charge is 0.227 e. The molecule has 1 aromatic heterocycles. The molecule has 2 aromatic carbocycles. The molecule has 0 radical (unpaired) electrons. The third-order valence-corrected chi connectivity index (χ3v) is 5.15. The van der Waals surface area contributed by atoms with Crippen molar-refractivity contribution in [2.75, 3.05) is 25.1 Å². The van der Waals surface area contributed by atoms with Crippen LogP contribution in [0.2, 0.25) is 0 Å². The van der Waals surface area contributed by atoms with E-state index >= 15 is 0 Å². The topological polar surface area (TPSA) is 59.5 Å². The fourth-order valence-electron chi connectivity index (χ4n) is 3.70. The molecule has 7 heteroatoms. The Morgan fingerprint density at radius 3 is 2.83 bits per heavy atom. The molecule has 148 valence electrons. The van der Waals surface area contributed by atoms with Gasteiger partial charge < -0.3 is 14.8 Å². The number of anilines is 2. The molecule has 0 unspecified atom stereocenters. The molecule has 29 heavy (non-hydrogen) atoms. The monoisotopic (exact) mass is 392 g/mol. The van der Waals surface area contributed by atoms with Crippen LogP contribution in [-0.4, -0.2) is 34.6 Å². The highest BCUT2D eigenvalue weighted by atomic mass is 19.1. The number of fused-ring (bicyclic) bond motifs is 2. The maximum atomic E-state index is 13.8. The minimum absolute atomic E-state index is 0.320. The Morgan fingerprint density at radius 1 is 1.07 bits per heavy atom. The first-order valence-electron chi connectivity index (χ1n) is 9.72. The highest BCUT2D eigenvalue weighted by Crippen LogP contribution is 2.31. The van der Waals surface area contributed by atoms with Gasteiger partial charge in [-0.3, -0.25) is 4.90 Å². The van der Waals surface area contributed by atoms with Crippen molar-refractivity contribution in [3.05, 3.63) is 71.3 Å². The summed E-state index contributed by atoms with van der Waals surface area (Å²) in [6.45, 7) is 3.70. The van der Waals surface area contributed by atoms with Gasteiger partial charge in [0, 0.05) is 37.8 Å². The second kappa shape index (κ2) is 7.67. The van der Waals surface area contributed by atoms with E-state index in [0.717, 1.165) is 48.8 Å². The molecule has 1 N–H and O–H groups in total. The van der Waals surface area contributed by atoms with Crippen LogP contribution in [0.5, 0.6) is 11.5 Å². The second-order valence-corrected chi connectivity index (χ2v) is 7.21. The standard InChI is InChI=1S/C22H21FN4O2/c23-17-3-1-2-4-19(17)26-22-24-12-16-14-27(8-7-18(16)25-22)13-15-5-6-20-21(11-15)29-10-9-28-20/h1-6,11-12H,7-10,13-14H2,(H,24,25,26). The van der Waals surface area contributed by atoms with Crippen molar-refractivity contribution in [2.45, 2.75) is 19.5 Å². The van der Waals surface area contributed by atoms with Gasteiger partial charge in [-0.25, -0.2) is 14.4 Å². The number of hydrogen-bond acceptors (Lipinski definition) is 6. The lowest BCUT2D eigenvalue weighted by Gasteiger charge is -2.28. The number of benzene rings is 2. The molecular formula is C22H21FN4O2. The number of aromatic nitrogens is 2. The van der Waals surface area contributed by atoms with Crippen LogP contribution in [0, 0.1) is 5.82 Å². The SMILES string of the molecule is Fc1ccccc1Nc1ncc2c(n1)CCN(Cc1ccc3c(c1)OCCO3)C2. The minimum Gasteiger partial charge on any atom is -0.486 e. The fourth-order valence-corrected chi connectivity index (χ4v) is 3.70. The molecule has 5 rings (SSSR count). The molecular weight excluding hydrogens is 371 g/mol. The van der Waals surface area contributed by atoms with Gasteiger partial charge in [0.25, 0.3) is 0 Å². The number of nitrogens with zero attached hydrogens (tertiary/aromatic N) is 3. The Hall–Kier alpha value is -3.19. The lowest BCUT2D eigenvalue weighted by atomic mass is 10.1. The molecule has 2 aliphatic rings. The minimum atomic E-state index is -0.320. The summed E-state index contributed by atoms with van der Waals surface area (Å²) >= 11 is 0. The third-order valence-electron chi connectivity index (χ3n) is 5.15. The van der Waals surface area contributed by atoms with E-state index < -0.39 is 0 Å². The zero-order chi connectivity index (χ0) is 19.6. The molecule has 3 heterocycles. The molecule has 0 aliphatic carbocycles. The van der Waals surface area contributed by atoms with E-state index in [0.29, 0.717) is 24.8 Å². The molecule has 0 amide bonds. The second-order valence-electron chi connectivity index (χ2n) is 7.21. The van der Waals surface area contributed by atoms with Crippen molar-refractivity contribution in [3.63, 3.8) is 0 Å². The normalized spacial score (nSPS) is 15.6. The summed E-state index contributed by atoms with van der Waals surface area (Å²) in [5.74, 6) is 1.74. The number of nitrogens with one attached hydrogen (secondary N) is 1. The van der Waals surface area contributed by atoms with Gasteiger partial charge in [-0.05, 0) is 29.8 Å². The van der Waals surface area contributed by atoms with E-state index in [9.17, 15) is 4.39 Å². The largest absolute Gasteiger partial charge is 0.486 e. The Morgan fingerprint density at radius 2 is 1.93 bits per heavy atom. The summed E-state index contributed by atoms with van der Waals surface area (Å²) < 4.78 is 25.1. The van der Waals surface area contributed by atoms with Gasteiger partial charge in [0.1, 0.15) is 19.0 Å². The van der Waals surface area contributed by atoms with Crippen LogP contribution in [0.3, 0.4) is 0 Å². The lowest BCUT2D eigenvalue weighted by molar-refractivity contribution is 0.171. The highest BCUT2D eigenvalue weighted by molar-refractivity contribution is 5.54. The number of rotatable bonds is 4. The number of ether oxygens (including phenoxy) is 2. The van der Waals surface area contributed by atoms with Crippen LogP contribution in [0.15, 0.2) is 48.7 Å². The number of hydrogen-bond donors (Lipinski definition) is 1. The average molecular weight is 392 g/mol. The van der Waals surface area contributed by atoms with E-state index in [-0.39, 0.29) is 5.82 Å². The van der Waals surface area contributed by atoms with Gasteiger partial charge in [0.2, 0.25) is 5.95 Å². The number of halogens is 1. The van der Waals surface area contributed by atoms with Crippen molar-refractivity contribution >= 4 is 11.6 Å². The first-order valence-corrected chi connectivity index (χ1v) is 9.72. The van der Waals surface area contributed by atoms with Gasteiger partial charge >= 0.3 is 0 Å². The highest BCUT2D eigenvalue weighted by Gasteiger charge is 2.20. The molecule has 0 atom stereocenters. The molecule has 0 bridgehead atoms. The van der Waals surface area contributed by atoms with Crippen LogP contribution in [0.4, 0.5) is 16.0 Å². The van der Waals surface area contributed by atoms with Crippen molar-refractivity contribution < 1.29 is 13.9 Å². The van der Waals surface area contributed by atoms with Crippen molar-refractivity contribution in [3.8, 4) is 11.5 Å². The Labute approximate surface area is 168 Å². The quantitative estimate of drug-likeness (QED) is 0.731. The van der Waals surface area contributed by atoms with Gasteiger partial charge in [-0.2, -0.15) is 0 Å². The van der Waals surface area contributed by atoms with E-state index in [1.54, 1.807) is 18.2 Å². The van der Waals surface area contributed by atoms with Crippen LogP contribution < -0.4 is 14.8 Å². The molecule has 6 nitrogen and oxygen atoms in total. The molecule has 0 saturated carbocycles. The summed E-state index contributed by atoms with van der Waals surface area (Å²) in [6, 6.07) is 12.6. The van der Waals surface area contributed by atoms with Crippen molar-refractivity contribution in [2.24, 2.45) is 0 Å². The first kappa shape index (κ1) is 17.9. The fraction of sp³-hybridized carbons (Fsp3) is 0.273. The molecule has 2 aliphatic heterocycles. The maximum absolute atomic E-state index is 13.8. The maximum Gasteiger partial charge on any atom is 0.227 e. The first-order chi connectivity index (χ1) is 14.2. The summed E-state index contributed by atoms with van der Waals surface area (Å²) in [4.78, 5) is 11.3. The van der Waals surface area contributed by atoms with Gasteiger partial charge in [0.15, 0.2) is 11.5 Å². The van der Waals surface area contributed by atoms with Crippen molar-refractivity contribution in [1.82, 2.24) is 14.9 Å². The van der Waals surface area contributed by atoms with Crippen LogP contribution in [0.1, 0.15) is 16.8 Å². The number of para-hydroxylation sites is 1. The summed E-state index contributed by atoms with van der Waals surface area (Å²) in [7, 11) is 0. The Balaban J connectivity index is 1.27. The zero-order valence-electron chi connectivity index (χ0n) is 15.9. The van der Waals surface area contributed by atoms with E-state index in [1.807, 2.05) is 12.3 Å². The lowest BCUT2D eigenvalue weighted by Crippen LogP contribution is -2.31. The predicted molar refractivity (Wildman–Crippen MR) is 107 cm³/mol. The van der Waals surface area contributed by atoms with Crippen LogP contribution in [-0.2, 0) is 19.5 Å². The van der Waals surface area contributed by atoms with Crippen LogP contribution >= 0.6 is 0 Å². The van der Waals surface area contributed by atoms with Gasteiger partial charge in [-0.15, -0.1) is 0 Å². The van der Waals surface area contributed by atoms with E-state index in [2.05, 4.69) is 32.3 Å². The summed E-state index contributed by atoms with van der Waals surface area (Å²) in [6.07, 6.45) is 2.66. The zero-order valence-corrected chi connectivity index (χ0v) is 15.9. The Kier molecular flexibility index (Phi) is 4.73. The molecule has 0 saturated heterocycles. The molecule has 0 fully saturated rings. The molecule has 0 spiro atoms. The van der Waals surface area contributed by atoms with Crippen LogP contribution in [0.25, 0.3) is 0 Å². The molecule has 3 aromatic rings. The predicted octanol–water partition coefficient (Wildman–Crippen LogP) is 3.69. The van der Waals surface area contributed by atoms with Gasteiger partial charge in [-0.1, -0.05) is 18.2 Å². The van der Waals surface area contributed by atoms with Crippen molar-refractivity contribution in [1.29, 1.82) is 0 Å². The van der Waals surface area contributed by atoms with E-state index in [1.165, 1.54) is 11.6 Å². The average Bonchev–Trinajstić information content (AvgIpc) is 2.75. The van der Waals surface area contributed by atoms with E-state index in [4.69, 9.17) is 9.47 Å². The summed E-state index contributed by atoms with van der Waals surface area (Å²) in [5, 5.41) is 2.97. The summed E-state index contributed by atoms with van der Waals surface area (Å²) in [5.41, 5.74) is 3.69. The third kappa shape index (κ3) is 3.86. The van der Waals surface area contributed by atoms with Gasteiger partial charge in [0.05, 0.1) is 11.4 Å².